The van der Waals surface area contributed by atoms with Gasteiger partial charge in [0.25, 0.3) is 5.91 Å². The molecule has 1 unspecified atom stereocenters. The summed E-state index contributed by atoms with van der Waals surface area (Å²) in [5.74, 6) is 0.0846. The van der Waals surface area contributed by atoms with E-state index in [4.69, 9.17) is 17.3 Å². The second-order valence-corrected chi connectivity index (χ2v) is 5.89. The van der Waals surface area contributed by atoms with Crippen LogP contribution in [0, 0.1) is 12.3 Å². The molecule has 3 nitrogen and oxygen atoms in total. The van der Waals surface area contributed by atoms with Crippen LogP contribution in [0.5, 0.6) is 0 Å². The molecular weight excluding hydrogens is 283 g/mol. The Morgan fingerprint density at radius 2 is 2.21 bits per heavy atom. The molecule has 1 aromatic rings. The molecule has 1 fully saturated rings. The maximum atomic E-state index is 12.4. The summed E-state index contributed by atoms with van der Waals surface area (Å²) >= 11 is 5.91. The molecule has 2 N–H and O–H groups in total. The van der Waals surface area contributed by atoms with Crippen molar-refractivity contribution in [2.75, 3.05) is 19.6 Å². The molecule has 1 amide bonds. The maximum Gasteiger partial charge on any atom is 0.254 e. The van der Waals surface area contributed by atoms with E-state index in [2.05, 4.69) is 6.92 Å². The van der Waals surface area contributed by atoms with Crippen molar-refractivity contribution in [2.45, 2.75) is 20.3 Å². The van der Waals surface area contributed by atoms with E-state index in [1.807, 2.05) is 17.9 Å². The van der Waals surface area contributed by atoms with Gasteiger partial charge in [-0.1, -0.05) is 18.5 Å². The van der Waals surface area contributed by atoms with Crippen molar-refractivity contribution in [2.24, 2.45) is 11.1 Å². The van der Waals surface area contributed by atoms with E-state index < -0.39 is 0 Å². The summed E-state index contributed by atoms with van der Waals surface area (Å²) in [6, 6.07) is 5.39. The lowest BCUT2D eigenvalue weighted by Gasteiger charge is -2.23. The van der Waals surface area contributed by atoms with E-state index in [0.29, 0.717) is 11.6 Å². The number of benzene rings is 1. The lowest BCUT2D eigenvalue weighted by Crippen LogP contribution is -2.34. The first-order valence-electron chi connectivity index (χ1n) is 6.21. The molecule has 106 valence electrons. The highest BCUT2D eigenvalue weighted by atomic mass is 35.5. The summed E-state index contributed by atoms with van der Waals surface area (Å²) in [7, 11) is 0. The van der Waals surface area contributed by atoms with Crippen LogP contribution in [0.2, 0.25) is 5.02 Å². The van der Waals surface area contributed by atoms with Crippen LogP contribution >= 0.6 is 24.0 Å². The Bertz CT molecular complexity index is 479. The average molecular weight is 303 g/mol. The SMILES string of the molecule is Cc1cc(Cl)ccc1C(=O)N1CCC(C)(CN)C1.Cl. The predicted molar refractivity (Wildman–Crippen MR) is 81.1 cm³/mol. The second-order valence-electron chi connectivity index (χ2n) is 5.45. The van der Waals surface area contributed by atoms with Crippen LogP contribution < -0.4 is 5.73 Å². The number of carbonyl (C=O) groups is 1. The largest absolute Gasteiger partial charge is 0.338 e. The molecule has 0 aliphatic carbocycles. The molecule has 1 saturated heterocycles. The molecule has 0 bridgehead atoms. The van der Waals surface area contributed by atoms with Crippen molar-refractivity contribution in [3.8, 4) is 0 Å². The van der Waals surface area contributed by atoms with E-state index >= 15 is 0 Å². The highest BCUT2D eigenvalue weighted by Gasteiger charge is 2.35. The van der Waals surface area contributed by atoms with E-state index in [-0.39, 0.29) is 23.7 Å². The first-order valence-corrected chi connectivity index (χ1v) is 6.58. The van der Waals surface area contributed by atoms with Crippen LogP contribution in [0.3, 0.4) is 0 Å². The number of aryl methyl sites for hydroxylation is 1. The first-order chi connectivity index (χ1) is 8.45. The molecule has 0 radical (unpaired) electrons. The highest BCUT2D eigenvalue weighted by Crippen LogP contribution is 2.30. The van der Waals surface area contributed by atoms with E-state index in [0.717, 1.165) is 30.6 Å². The van der Waals surface area contributed by atoms with Gasteiger partial charge in [0.15, 0.2) is 0 Å². The van der Waals surface area contributed by atoms with Crippen molar-refractivity contribution >= 4 is 29.9 Å². The molecule has 1 atom stereocenters. The predicted octanol–water partition coefficient (Wildman–Crippen LogP) is 2.88. The molecular formula is C14H20Cl2N2O. The number of halogens is 2. The molecule has 0 aromatic heterocycles. The second kappa shape index (κ2) is 6.12. The Labute approximate surface area is 125 Å². The summed E-state index contributed by atoms with van der Waals surface area (Å²) < 4.78 is 0. The Kier molecular flexibility index (Phi) is 5.25. The highest BCUT2D eigenvalue weighted by molar-refractivity contribution is 6.30. The van der Waals surface area contributed by atoms with Gasteiger partial charge in [0, 0.05) is 23.7 Å². The van der Waals surface area contributed by atoms with Crippen LogP contribution in [-0.4, -0.2) is 30.4 Å². The Morgan fingerprint density at radius 3 is 2.74 bits per heavy atom. The van der Waals surface area contributed by atoms with Crippen molar-refractivity contribution in [3.05, 3.63) is 34.3 Å². The summed E-state index contributed by atoms with van der Waals surface area (Å²) in [4.78, 5) is 14.3. The van der Waals surface area contributed by atoms with Crippen molar-refractivity contribution in [3.63, 3.8) is 0 Å². The third-order valence-electron chi connectivity index (χ3n) is 3.76. The number of nitrogens with zero attached hydrogens (tertiary/aromatic N) is 1. The fourth-order valence-corrected chi connectivity index (χ4v) is 2.63. The first kappa shape index (κ1) is 16.3. The molecule has 1 aliphatic heterocycles. The van der Waals surface area contributed by atoms with Gasteiger partial charge in [0.2, 0.25) is 0 Å². The number of likely N-dealkylation sites (tertiary alicyclic amines) is 1. The zero-order valence-electron chi connectivity index (χ0n) is 11.3. The minimum atomic E-state index is 0. The maximum absolute atomic E-state index is 12.4. The average Bonchev–Trinajstić information content (AvgIpc) is 2.72. The molecule has 19 heavy (non-hydrogen) atoms. The van der Waals surface area contributed by atoms with Crippen LogP contribution in [0.4, 0.5) is 0 Å². The third kappa shape index (κ3) is 3.41. The lowest BCUT2D eigenvalue weighted by atomic mass is 9.90. The van der Waals surface area contributed by atoms with Crippen LogP contribution in [0.1, 0.15) is 29.3 Å². The smallest absolute Gasteiger partial charge is 0.254 e. The number of carbonyl (C=O) groups excluding carboxylic acids is 1. The molecule has 1 heterocycles. The molecule has 1 aromatic carbocycles. The number of hydrogen-bond donors (Lipinski definition) is 1. The normalized spacial score (nSPS) is 22.2. The number of hydrogen-bond acceptors (Lipinski definition) is 2. The molecule has 1 aliphatic rings. The minimum Gasteiger partial charge on any atom is -0.338 e. The van der Waals surface area contributed by atoms with Gasteiger partial charge in [-0.2, -0.15) is 0 Å². The standard InChI is InChI=1S/C14H19ClN2O.ClH/c1-10-7-11(15)3-4-12(10)13(18)17-6-5-14(2,8-16)9-17;/h3-4,7H,5-6,8-9,16H2,1-2H3;1H. The molecule has 0 spiro atoms. The van der Waals surface area contributed by atoms with Crippen LogP contribution in [0.15, 0.2) is 18.2 Å². The fourth-order valence-electron chi connectivity index (χ4n) is 2.40. The lowest BCUT2D eigenvalue weighted by molar-refractivity contribution is 0.0776. The van der Waals surface area contributed by atoms with Crippen LogP contribution in [0.25, 0.3) is 0 Å². The van der Waals surface area contributed by atoms with Crippen molar-refractivity contribution in [1.29, 1.82) is 0 Å². The monoisotopic (exact) mass is 302 g/mol. The molecule has 0 saturated carbocycles. The van der Waals surface area contributed by atoms with Gasteiger partial charge in [-0.3, -0.25) is 4.79 Å². The van der Waals surface area contributed by atoms with Gasteiger partial charge in [-0.25, -0.2) is 0 Å². The summed E-state index contributed by atoms with van der Waals surface area (Å²) in [6.07, 6.45) is 0.974. The van der Waals surface area contributed by atoms with Gasteiger partial charge >= 0.3 is 0 Å². The summed E-state index contributed by atoms with van der Waals surface area (Å²) in [6.45, 7) is 6.20. The topological polar surface area (TPSA) is 46.3 Å². The number of nitrogens with two attached hydrogens (primary N) is 1. The van der Waals surface area contributed by atoms with Crippen molar-refractivity contribution in [1.82, 2.24) is 4.90 Å². The van der Waals surface area contributed by atoms with Gasteiger partial charge in [-0.15, -0.1) is 12.4 Å². The zero-order valence-corrected chi connectivity index (χ0v) is 12.9. The Morgan fingerprint density at radius 1 is 1.53 bits per heavy atom. The Hall–Kier alpha value is -0.770. The molecule has 2 rings (SSSR count). The van der Waals surface area contributed by atoms with E-state index in [1.54, 1.807) is 12.1 Å². The minimum absolute atomic E-state index is 0. The van der Waals surface area contributed by atoms with E-state index in [9.17, 15) is 4.79 Å². The van der Waals surface area contributed by atoms with Gasteiger partial charge in [-0.05, 0) is 49.1 Å². The fraction of sp³-hybridized carbons (Fsp3) is 0.500. The van der Waals surface area contributed by atoms with Crippen molar-refractivity contribution < 1.29 is 4.79 Å². The summed E-state index contributed by atoms with van der Waals surface area (Å²) in [5, 5.41) is 0.664. The third-order valence-corrected chi connectivity index (χ3v) is 3.99. The van der Waals surface area contributed by atoms with E-state index in [1.165, 1.54) is 0 Å². The molecule has 5 heteroatoms. The summed E-state index contributed by atoms with van der Waals surface area (Å²) in [5.41, 5.74) is 7.49. The van der Waals surface area contributed by atoms with Gasteiger partial charge < -0.3 is 10.6 Å². The quantitative estimate of drug-likeness (QED) is 0.913. The Balaban J connectivity index is 0.00000180. The number of rotatable bonds is 2. The van der Waals surface area contributed by atoms with Gasteiger partial charge in [0.05, 0.1) is 0 Å². The number of amides is 1. The van der Waals surface area contributed by atoms with Gasteiger partial charge in [0.1, 0.15) is 0 Å². The van der Waals surface area contributed by atoms with Crippen LogP contribution in [-0.2, 0) is 0 Å². The zero-order chi connectivity index (χ0) is 13.3.